The van der Waals surface area contributed by atoms with E-state index in [2.05, 4.69) is 12.2 Å². The van der Waals surface area contributed by atoms with Gasteiger partial charge in [0, 0.05) is 10.6 Å². The molecule has 1 heterocycles. The molecule has 4 heteroatoms. The standard InChI is InChI=1S/C14H15Cl2NO/c1-3-12(17-2)14-7-6-13(18-14)10-8-9(15)4-5-11(10)16/h4-8,12,17H,3H2,1-2H3. The first-order chi connectivity index (χ1) is 8.65. The number of hydrogen-bond acceptors (Lipinski definition) is 2. The van der Waals surface area contributed by atoms with Crippen molar-refractivity contribution in [3.05, 3.63) is 46.1 Å². The van der Waals surface area contributed by atoms with Crippen molar-refractivity contribution in [2.75, 3.05) is 7.05 Å². The van der Waals surface area contributed by atoms with Gasteiger partial charge in [0.25, 0.3) is 0 Å². The van der Waals surface area contributed by atoms with Crippen LogP contribution in [0.2, 0.25) is 10.0 Å². The summed E-state index contributed by atoms with van der Waals surface area (Å²) in [6.07, 6.45) is 0.965. The highest BCUT2D eigenvalue weighted by atomic mass is 35.5. The zero-order valence-corrected chi connectivity index (χ0v) is 11.8. The molecule has 1 N–H and O–H groups in total. The third kappa shape index (κ3) is 2.72. The molecule has 0 aliphatic rings. The number of hydrogen-bond donors (Lipinski definition) is 1. The average molecular weight is 284 g/mol. The molecule has 0 bridgehead atoms. The Balaban J connectivity index is 2.37. The van der Waals surface area contributed by atoms with Crippen LogP contribution in [0, 0.1) is 0 Å². The van der Waals surface area contributed by atoms with Gasteiger partial charge < -0.3 is 9.73 Å². The van der Waals surface area contributed by atoms with E-state index in [1.807, 2.05) is 25.2 Å². The summed E-state index contributed by atoms with van der Waals surface area (Å²) in [5.41, 5.74) is 0.821. The minimum atomic E-state index is 0.219. The van der Waals surface area contributed by atoms with Crippen molar-refractivity contribution in [3.8, 4) is 11.3 Å². The van der Waals surface area contributed by atoms with E-state index in [9.17, 15) is 0 Å². The van der Waals surface area contributed by atoms with Gasteiger partial charge in [-0.3, -0.25) is 0 Å². The summed E-state index contributed by atoms with van der Waals surface area (Å²) in [6, 6.07) is 9.46. The molecule has 1 aromatic heterocycles. The van der Waals surface area contributed by atoms with Crippen LogP contribution >= 0.6 is 23.2 Å². The van der Waals surface area contributed by atoms with Crippen molar-refractivity contribution < 1.29 is 4.42 Å². The Morgan fingerprint density at radius 1 is 1.22 bits per heavy atom. The van der Waals surface area contributed by atoms with E-state index >= 15 is 0 Å². The Morgan fingerprint density at radius 2 is 2.00 bits per heavy atom. The van der Waals surface area contributed by atoms with Crippen LogP contribution in [0.5, 0.6) is 0 Å². The highest BCUT2D eigenvalue weighted by Gasteiger charge is 2.14. The number of benzene rings is 1. The topological polar surface area (TPSA) is 25.2 Å². The molecule has 1 unspecified atom stereocenters. The lowest BCUT2D eigenvalue weighted by molar-refractivity contribution is 0.431. The van der Waals surface area contributed by atoms with E-state index in [4.69, 9.17) is 27.6 Å². The molecule has 0 radical (unpaired) electrons. The Bertz CT molecular complexity index is 532. The summed E-state index contributed by atoms with van der Waals surface area (Å²) < 4.78 is 5.84. The van der Waals surface area contributed by atoms with Crippen molar-refractivity contribution >= 4 is 23.2 Å². The van der Waals surface area contributed by atoms with E-state index < -0.39 is 0 Å². The van der Waals surface area contributed by atoms with Crippen LogP contribution in [0.4, 0.5) is 0 Å². The Hall–Kier alpha value is -0.960. The largest absolute Gasteiger partial charge is 0.459 e. The second-order valence-electron chi connectivity index (χ2n) is 4.08. The molecule has 0 aliphatic heterocycles. The van der Waals surface area contributed by atoms with Gasteiger partial charge in [-0.15, -0.1) is 0 Å². The number of halogens is 2. The molecule has 0 saturated heterocycles. The predicted octanol–water partition coefficient (Wildman–Crippen LogP) is 4.92. The molecule has 0 saturated carbocycles. The van der Waals surface area contributed by atoms with Gasteiger partial charge in [0.15, 0.2) is 0 Å². The molecule has 96 valence electrons. The molecule has 0 aliphatic carbocycles. The molecular formula is C14H15Cl2NO. The quantitative estimate of drug-likeness (QED) is 0.861. The van der Waals surface area contributed by atoms with Gasteiger partial charge in [-0.1, -0.05) is 30.1 Å². The van der Waals surface area contributed by atoms with Crippen molar-refractivity contribution in [3.63, 3.8) is 0 Å². The normalized spacial score (nSPS) is 12.7. The maximum absolute atomic E-state index is 6.15. The lowest BCUT2D eigenvalue weighted by atomic mass is 10.1. The third-order valence-corrected chi connectivity index (χ3v) is 3.49. The molecule has 0 fully saturated rings. The lowest BCUT2D eigenvalue weighted by Crippen LogP contribution is -2.14. The fourth-order valence-electron chi connectivity index (χ4n) is 1.92. The number of rotatable bonds is 4. The summed E-state index contributed by atoms with van der Waals surface area (Å²) in [7, 11) is 1.92. The summed E-state index contributed by atoms with van der Waals surface area (Å²) in [5, 5.41) is 4.49. The summed E-state index contributed by atoms with van der Waals surface area (Å²) in [5.74, 6) is 1.65. The monoisotopic (exact) mass is 283 g/mol. The zero-order chi connectivity index (χ0) is 13.1. The van der Waals surface area contributed by atoms with Crippen LogP contribution < -0.4 is 5.32 Å². The van der Waals surface area contributed by atoms with Crippen LogP contribution in [0.15, 0.2) is 34.7 Å². The minimum Gasteiger partial charge on any atom is -0.459 e. The van der Waals surface area contributed by atoms with Crippen molar-refractivity contribution in [2.45, 2.75) is 19.4 Å². The van der Waals surface area contributed by atoms with E-state index in [0.717, 1.165) is 23.5 Å². The van der Waals surface area contributed by atoms with E-state index in [-0.39, 0.29) is 6.04 Å². The first-order valence-electron chi connectivity index (χ1n) is 5.88. The molecule has 1 aromatic carbocycles. The Labute approximate surface area is 117 Å². The molecule has 1 atom stereocenters. The maximum atomic E-state index is 6.15. The van der Waals surface area contributed by atoms with Crippen molar-refractivity contribution in [1.29, 1.82) is 0 Å². The van der Waals surface area contributed by atoms with Crippen LogP contribution in [0.3, 0.4) is 0 Å². The predicted molar refractivity (Wildman–Crippen MR) is 76.3 cm³/mol. The molecule has 2 aromatic rings. The average Bonchev–Trinajstić information content (AvgIpc) is 2.83. The number of furan rings is 1. The summed E-state index contributed by atoms with van der Waals surface area (Å²) in [4.78, 5) is 0. The highest BCUT2D eigenvalue weighted by Crippen LogP contribution is 2.33. The molecular weight excluding hydrogens is 269 g/mol. The fourth-order valence-corrected chi connectivity index (χ4v) is 2.30. The molecule has 2 rings (SSSR count). The zero-order valence-electron chi connectivity index (χ0n) is 10.3. The summed E-state index contributed by atoms with van der Waals surface area (Å²) in [6.45, 7) is 2.11. The first-order valence-corrected chi connectivity index (χ1v) is 6.63. The maximum Gasteiger partial charge on any atom is 0.135 e. The molecule has 0 spiro atoms. The molecule has 18 heavy (non-hydrogen) atoms. The smallest absolute Gasteiger partial charge is 0.135 e. The van der Waals surface area contributed by atoms with Crippen LogP contribution in [-0.2, 0) is 0 Å². The minimum absolute atomic E-state index is 0.219. The highest BCUT2D eigenvalue weighted by molar-refractivity contribution is 6.35. The van der Waals surface area contributed by atoms with Gasteiger partial charge in [-0.25, -0.2) is 0 Å². The van der Waals surface area contributed by atoms with Crippen LogP contribution in [0.1, 0.15) is 25.1 Å². The molecule has 2 nitrogen and oxygen atoms in total. The first kappa shape index (κ1) is 13.5. The van der Waals surface area contributed by atoms with Crippen LogP contribution in [-0.4, -0.2) is 7.05 Å². The second kappa shape index (κ2) is 5.79. The Morgan fingerprint density at radius 3 is 2.67 bits per heavy atom. The van der Waals surface area contributed by atoms with Gasteiger partial charge >= 0.3 is 0 Å². The fraction of sp³-hybridized carbons (Fsp3) is 0.286. The van der Waals surface area contributed by atoms with E-state index in [1.54, 1.807) is 12.1 Å². The van der Waals surface area contributed by atoms with Gasteiger partial charge in [0.2, 0.25) is 0 Å². The van der Waals surface area contributed by atoms with Crippen molar-refractivity contribution in [2.24, 2.45) is 0 Å². The lowest BCUT2D eigenvalue weighted by Gasteiger charge is -2.10. The van der Waals surface area contributed by atoms with Crippen LogP contribution in [0.25, 0.3) is 11.3 Å². The van der Waals surface area contributed by atoms with E-state index in [0.29, 0.717) is 10.0 Å². The van der Waals surface area contributed by atoms with E-state index in [1.165, 1.54) is 0 Å². The number of nitrogens with one attached hydrogen (secondary N) is 1. The Kier molecular flexibility index (Phi) is 4.33. The van der Waals surface area contributed by atoms with Gasteiger partial charge in [-0.05, 0) is 43.8 Å². The third-order valence-electron chi connectivity index (χ3n) is 2.92. The van der Waals surface area contributed by atoms with Crippen molar-refractivity contribution in [1.82, 2.24) is 5.32 Å². The molecule has 0 amide bonds. The second-order valence-corrected chi connectivity index (χ2v) is 4.92. The van der Waals surface area contributed by atoms with Gasteiger partial charge in [0.1, 0.15) is 11.5 Å². The van der Waals surface area contributed by atoms with Gasteiger partial charge in [0.05, 0.1) is 11.1 Å². The SMILES string of the molecule is CCC(NC)c1ccc(-c2cc(Cl)ccc2Cl)o1. The summed E-state index contributed by atoms with van der Waals surface area (Å²) >= 11 is 12.1. The van der Waals surface area contributed by atoms with Gasteiger partial charge in [-0.2, -0.15) is 0 Å².